The van der Waals surface area contributed by atoms with Gasteiger partial charge in [-0.3, -0.25) is 14.6 Å². The summed E-state index contributed by atoms with van der Waals surface area (Å²) in [5.41, 5.74) is 2.12. The summed E-state index contributed by atoms with van der Waals surface area (Å²) in [6.45, 7) is 10.0. The minimum atomic E-state index is -0.763. The highest BCUT2D eigenvalue weighted by Gasteiger charge is 2.23. The number of rotatable bonds is 11. The molecule has 1 aliphatic rings. The van der Waals surface area contributed by atoms with Gasteiger partial charge < -0.3 is 5.11 Å². The lowest BCUT2D eigenvalue weighted by atomic mass is 10.0. The van der Waals surface area contributed by atoms with Crippen molar-refractivity contribution in [1.82, 2.24) is 9.80 Å². The van der Waals surface area contributed by atoms with E-state index in [1.165, 1.54) is 44.1 Å². The zero-order valence-corrected chi connectivity index (χ0v) is 16.6. The van der Waals surface area contributed by atoms with Crippen LogP contribution >= 0.6 is 0 Å². The molecule has 1 unspecified atom stereocenters. The van der Waals surface area contributed by atoms with Crippen molar-refractivity contribution in [3.8, 4) is 0 Å². The van der Waals surface area contributed by atoms with E-state index in [-0.39, 0.29) is 6.42 Å². The molecule has 1 aliphatic heterocycles. The van der Waals surface area contributed by atoms with Gasteiger partial charge in [-0.2, -0.15) is 0 Å². The van der Waals surface area contributed by atoms with Crippen LogP contribution in [0.1, 0.15) is 63.5 Å². The van der Waals surface area contributed by atoms with E-state index in [0.717, 1.165) is 44.3 Å². The van der Waals surface area contributed by atoms with Crippen molar-refractivity contribution in [2.75, 3.05) is 26.2 Å². The summed E-state index contributed by atoms with van der Waals surface area (Å²) < 4.78 is 0. The van der Waals surface area contributed by atoms with E-state index in [1.807, 2.05) is 18.2 Å². The monoisotopic (exact) mass is 360 g/mol. The number of carboxylic acids is 1. The molecular formula is C22H36N2O2. The average Bonchev–Trinajstić information content (AvgIpc) is 2.62. The summed E-state index contributed by atoms with van der Waals surface area (Å²) in [6.07, 6.45) is 8.06. The molecule has 1 N–H and O–H groups in total. The summed E-state index contributed by atoms with van der Waals surface area (Å²) in [6, 6.07) is 8.80. The quantitative estimate of drug-likeness (QED) is 0.601. The van der Waals surface area contributed by atoms with Crippen LogP contribution in [0, 0.1) is 0 Å². The van der Waals surface area contributed by atoms with Gasteiger partial charge >= 0.3 is 5.97 Å². The van der Waals surface area contributed by atoms with Gasteiger partial charge in [-0.25, -0.2) is 0 Å². The molecule has 4 nitrogen and oxygen atoms in total. The molecule has 1 aromatic carbocycles. The highest BCUT2D eigenvalue weighted by molar-refractivity contribution is 5.70. The topological polar surface area (TPSA) is 43.8 Å². The maximum absolute atomic E-state index is 10.9. The molecule has 146 valence electrons. The maximum atomic E-state index is 10.9. The van der Waals surface area contributed by atoms with E-state index >= 15 is 0 Å². The predicted octanol–water partition coefficient (Wildman–Crippen LogP) is 4.18. The van der Waals surface area contributed by atoms with Crippen LogP contribution in [0.4, 0.5) is 0 Å². The first-order valence-corrected chi connectivity index (χ1v) is 10.4. The molecule has 0 aliphatic carbocycles. The Morgan fingerprint density at radius 1 is 1.04 bits per heavy atom. The normalized spacial score (nSPS) is 17.3. The lowest BCUT2D eigenvalue weighted by Crippen LogP contribution is -2.49. The Hall–Kier alpha value is -1.39. The van der Waals surface area contributed by atoms with Gasteiger partial charge in [0, 0.05) is 38.8 Å². The van der Waals surface area contributed by atoms with Gasteiger partial charge in [-0.05, 0) is 24.0 Å². The minimum Gasteiger partial charge on any atom is -0.481 e. The van der Waals surface area contributed by atoms with Gasteiger partial charge in [-0.15, -0.1) is 0 Å². The molecule has 0 aromatic heterocycles. The summed E-state index contributed by atoms with van der Waals surface area (Å²) in [5.74, 6) is -0.763. The van der Waals surface area contributed by atoms with Crippen molar-refractivity contribution in [3.05, 3.63) is 35.4 Å². The van der Waals surface area contributed by atoms with E-state index in [9.17, 15) is 4.79 Å². The molecule has 26 heavy (non-hydrogen) atoms. The molecule has 1 saturated heterocycles. The zero-order chi connectivity index (χ0) is 18.8. The Morgan fingerprint density at radius 3 is 2.42 bits per heavy atom. The molecule has 0 spiro atoms. The molecule has 0 radical (unpaired) electrons. The lowest BCUT2D eigenvalue weighted by molar-refractivity contribution is -0.136. The second-order valence-electron chi connectivity index (χ2n) is 7.64. The number of hydrogen-bond acceptors (Lipinski definition) is 3. The van der Waals surface area contributed by atoms with Crippen molar-refractivity contribution < 1.29 is 9.90 Å². The van der Waals surface area contributed by atoms with Crippen LogP contribution in [0.25, 0.3) is 0 Å². The Bertz CT molecular complexity index is 539. The number of carbonyl (C=O) groups is 1. The number of carboxylic acid groups (broad SMARTS) is 1. The summed E-state index contributed by atoms with van der Waals surface area (Å²) >= 11 is 0. The number of piperazine rings is 1. The van der Waals surface area contributed by atoms with Crippen molar-refractivity contribution in [2.24, 2.45) is 0 Å². The van der Waals surface area contributed by atoms with E-state index < -0.39 is 5.97 Å². The van der Waals surface area contributed by atoms with Crippen LogP contribution in [-0.4, -0.2) is 53.1 Å². The third-order valence-corrected chi connectivity index (χ3v) is 5.44. The fourth-order valence-electron chi connectivity index (χ4n) is 4.03. The van der Waals surface area contributed by atoms with Gasteiger partial charge in [0.25, 0.3) is 0 Å². The Labute approximate surface area is 159 Å². The van der Waals surface area contributed by atoms with Crippen LogP contribution < -0.4 is 0 Å². The fourth-order valence-corrected chi connectivity index (χ4v) is 4.03. The summed E-state index contributed by atoms with van der Waals surface area (Å²) in [7, 11) is 0. The molecule has 0 bridgehead atoms. The van der Waals surface area contributed by atoms with Crippen LogP contribution in [0.15, 0.2) is 24.3 Å². The SMILES string of the molecule is CCCCCC(CCC)N1CCN(Cc2cccc(CC(=O)O)c2)CC1. The van der Waals surface area contributed by atoms with Crippen molar-refractivity contribution in [3.63, 3.8) is 0 Å². The summed E-state index contributed by atoms with van der Waals surface area (Å²) in [5, 5.41) is 8.97. The average molecular weight is 361 g/mol. The van der Waals surface area contributed by atoms with Gasteiger partial charge in [0.15, 0.2) is 0 Å². The Kier molecular flexibility index (Phi) is 9.13. The number of aliphatic carboxylic acids is 1. The van der Waals surface area contributed by atoms with Gasteiger partial charge in [0.05, 0.1) is 6.42 Å². The smallest absolute Gasteiger partial charge is 0.307 e. The van der Waals surface area contributed by atoms with Crippen LogP contribution in [-0.2, 0) is 17.8 Å². The first-order valence-electron chi connectivity index (χ1n) is 10.4. The van der Waals surface area contributed by atoms with E-state index in [4.69, 9.17) is 5.11 Å². The van der Waals surface area contributed by atoms with Crippen LogP contribution in [0.3, 0.4) is 0 Å². The zero-order valence-electron chi connectivity index (χ0n) is 16.6. The largest absolute Gasteiger partial charge is 0.481 e. The number of benzene rings is 1. The molecule has 1 heterocycles. The summed E-state index contributed by atoms with van der Waals surface area (Å²) in [4.78, 5) is 16.1. The molecular weight excluding hydrogens is 324 g/mol. The molecule has 0 saturated carbocycles. The fraction of sp³-hybridized carbons (Fsp3) is 0.682. The van der Waals surface area contributed by atoms with Crippen molar-refractivity contribution >= 4 is 5.97 Å². The van der Waals surface area contributed by atoms with Crippen LogP contribution in [0.2, 0.25) is 0 Å². The number of unbranched alkanes of at least 4 members (excludes halogenated alkanes) is 2. The molecule has 1 fully saturated rings. The minimum absolute atomic E-state index is 0.109. The standard InChI is InChI=1S/C22H36N2O2/c1-3-5-6-11-21(8-4-2)24-14-12-23(13-15-24)18-20-10-7-9-19(16-20)17-22(25)26/h7,9-10,16,21H,3-6,8,11-15,17-18H2,1-2H3,(H,25,26). The molecule has 2 rings (SSSR count). The first-order chi connectivity index (χ1) is 12.6. The van der Waals surface area contributed by atoms with E-state index in [0.29, 0.717) is 0 Å². The second kappa shape index (κ2) is 11.3. The molecule has 1 atom stereocenters. The number of nitrogens with zero attached hydrogens (tertiary/aromatic N) is 2. The van der Waals surface area contributed by atoms with E-state index in [2.05, 4.69) is 29.7 Å². The molecule has 1 aromatic rings. The first kappa shape index (κ1) is 20.9. The Balaban J connectivity index is 1.82. The maximum Gasteiger partial charge on any atom is 0.307 e. The van der Waals surface area contributed by atoms with Gasteiger partial charge in [-0.1, -0.05) is 63.8 Å². The lowest BCUT2D eigenvalue weighted by Gasteiger charge is -2.39. The van der Waals surface area contributed by atoms with Gasteiger partial charge in [0.2, 0.25) is 0 Å². The third-order valence-electron chi connectivity index (χ3n) is 5.44. The highest BCUT2D eigenvalue weighted by Crippen LogP contribution is 2.18. The number of hydrogen-bond donors (Lipinski definition) is 1. The van der Waals surface area contributed by atoms with Crippen molar-refractivity contribution in [1.29, 1.82) is 0 Å². The second-order valence-corrected chi connectivity index (χ2v) is 7.64. The van der Waals surface area contributed by atoms with Gasteiger partial charge in [0.1, 0.15) is 0 Å². The van der Waals surface area contributed by atoms with Crippen LogP contribution in [0.5, 0.6) is 0 Å². The molecule has 4 heteroatoms. The predicted molar refractivity (Wildman–Crippen MR) is 107 cm³/mol. The Morgan fingerprint density at radius 2 is 1.77 bits per heavy atom. The third kappa shape index (κ3) is 7.08. The molecule has 0 amide bonds. The highest BCUT2D eigenvalue weighted by atomic mass is 16.4. The van der Waals surface area contributed by atoms with Crippen molar-refractivity contribution in [2.45, 2.75) is 71.4 Å². The van der Waals surface area contributed by atoms with E-state index in [1.54, 1.807) is 0 Å².